The minimum absolute atomic E-state index is 0.669. The van der Waals surface area contributed by atoms with Gasteiger partial charge in [0.25, 0.3) is 0 Å². The lowest BCUT2D eigenvalue weighted by Gasteiger charge is -2.29. The topological polar surface area (TPSA) is 9.23 Å². The number of ether oxygens (including phenoxy) is 1. The molecule has 3 aromatic rings. The van der Waals surface area contributed by atoms with Gasteiger partial charge in [-0.25, -0.2) is 0 Å². The van der Waals surface area contributed by atoms with Crippen LogP contribution in [0.4, 0.5) is 0 Å². The fraction of sp³-hybridized carbons (Fsp3) is 0.419. The maximum Gasteiger partial charge on any atom is 0.119 e. The average molecular weight is 461 g/mol. The number of rotatable bonds is 9. The molecule has 0 saturated heterocycles. The van der Waals surface area contributed by atoms with E-state index in [0.717, 1.165) is 22.3 Å². The number of unbranched alkanes of at least 4 members (excludes halogenated alkanes) is 2. The summed E-state index contributed by atoms with van der Waals surface area (Å²) >= 11 is 6.34. The normalized spacial score (nSPS) is 18.3. The van der Waals surface area contributed by atoms with Gasteiger partial charge >= 0.3 is 0 Å². The van der Waals surface area contributed by atoms with Gasteiger partial charge in [-0.15, -0.1) is 0 Å². The van der Waals surface area contributed by atoms with Crippen molar-refractivity contribution in [3.05, 3.63) is 77.3 Å². The van der Waals surface area contributed by atoms with Crippen LogP contribution in [0.3, 0.4) is 0 Å². The largest absolute Gasteiger partial charge is 0.494 e. The van der Waals surface area contributed by atoms with Gasteiger partial charge < -0.3 is 4.74 Å². The van der Waals surface area contributed by atoms with Crippen LogP contribution in [0.5, 0.6) is 5.75 Å². The van der Waals surface area contributed by atoms with Gasteiger partial charge in [0, 0.05) is 5.02 Å². The Morgan fingerprint density at radius 3 is 2.27 bits per heavy atom. The minimum atomic E-state index is 0.669. The molecule has 1 fully saturated rings. The second-order valence-electron chi connectivity index (χ2n) is 9.49. The van der Waals surface area contributed by atoms with Gasteiger partial charge in [0.1, 0.15) is 5.75 Å². The molecule has 1 aliphatic carbocycles. The molecule has 0 unspecified atom stereocenters. The molecule has 33 heavy (non-hydrogen) atoms. The van der Waals surface area contributed by atoms with Gasteiger partial charge in [-0.05, 0) is 96.5 Å². The van der Waals surface area contributed by atoms with E-state index in [9.17, 15) is 0 Å². The third-order valence-electron chi connectivity index (χ3n) is 7.19. The van der Waals surface area contributed by atoms with Crippen LogP contribution < -0.4 is 4.74 Å². The van der Waals surface area contributed by atoms with E-state index in [1.807, 2.05) is 19.1 Å². The summed E-state index contributed by atoms with van der Waals surface area (Å²) in [6.07, 6.45) is 10.9. The van der Waals surface area contributed by atoms with Crippen molar-refractivity contribution in [2.24, 2.45) is 5.92 Å². The lowest BCUT2D eigenvalue weighted by molar-refractivity contribution is 0.303. The molecule has 1 nitrogen and oxygen atoms in total. The predicted octanol–water partition coefficient (Wildman–Crippen LogP) is 9.93. The fourth-order valence-corrected chi connectivity index (χ4v) is 5.52. The zero-order chi connectivity index (χ0) is 23.0. The molecule has 4 rings (SSSR count). The Morgan fingerprint density at radius 2 is 1.58 bits per heavy atom. The number of benzene rings is 3. The molecule has 0 aliphatic heterocycles. The summed E-state index contributed by atoms with van der Waals surface area (Å²) in [5.41, 5.74) is 6.39. The molecule has 0 atom stereocenters. The molecular formula is C31H37ClO. The van der Waals surface area contributed by atoms with E-state index in [4.69, 9.17) is 16.3 Å². The molecule has 1 aliphatic rings. The van der Waals surface area contributed by atoms with Gasteiger partial charge in [0.15, 0.2) is 0 Å². The van der Waals surface area contributed by atoms with Crippen LogP contribution in [-0.4, -0.2) is 6.61 Å². The maximum absolute atomic E-state index is 6.34. The molecule has 3 aromatic carbocycles. The van der Waals surface area contributed by atoms with Crippen LogP contribution in [0.15, 0.2) is 66.7 Å². The maximum atomic E-state index is 6.34. The van der Waals surface area contributed by atoms with Crippen molar-refractivity contribution in [2.45, 2.75) is 71.1 Å². The SMILES string of the molecule is CCCCC[C@H]1CC[C@H](c2ccc(-c3cccc(Cl)c3)c(-c3ccc(OCC)cc3)c2)CC1. The summed E-state index contributed by atoms with van der Waals surface area (Å²) in [6, 6.07) is 23.8. The molecule has 0 N–H and O–H groups in total. The molecular weight excluding hydrogens is 424 g/mol. The molecule has 0 bridgehead atoms. The summed E-state index contributed by atoms with van der Waals surface area (Å²) in [5.74, 6) is 2.52. The molecule has 1 saturated carbocycles. The van der Waals surface area contributed by atoms with Crippen molar-refractivity contribution >= 4 is 11.6 Å². The van der Waals surface area contributed by atoms with E-state index in [-0.39, 0.29) is 0 Å². The van der Waals surface area contributed by atoms with E-state index < -0.39 is 0 Å². The van der Waals surface area contributed by atoms with Crippen LogP contribution in [0, 0.1) is 5.92 Å². The van der Waals surface area contributed by atoms with E-state index in [0.29, 0.717) is 12.5 Å². The first kappa shape index (κ1) is 23.9. The Balaban J connectivity index is 1.61. The van der Waals surface area contributed by atoms with Crippen molar-refractivity contribution in [1.29, 1.82) is 0 Å². The van der Waals surface area contributed by atoms with Crippen LogP contribution in [0.2, 0.25) is 5.02 Å². The lowest BCUT2D eigenvalue weighted by Crippen LogP contribution is -2.13. The van der Waals surface area contributed by atoms with Crippen LogP contribution >= 0.6 is 11.6 Å². The van der Waals surface area contributed by atoms with Gasteiger partial charge in [-0.1, -0.05) is 86.7 Å². The quantitative estimate of drug-likeness (QED) is 0.288. The molecule has 0 spiro atoms. The number of hydrogen-bond donors (Lipinski definition) is 0. The van der Waals surface area contributed by atoms with Crippen molar-refractivity contribution in [3.63, 3.8) is 0 Å². The zero-order valence-corrected chi connectivity index (χ0v) is 20.9. The molecule has 2 heteroatoms. The first-order chi connectivity index (χ1) is 16.2. The van der Waals surface area contributed by atoms with E-state index in [1.165, 1.54) is 73.6 Å². The van der Waals surface area contributed by atoms with Crippen molar-refractivity contribution in [1.82, 2.24) is 0 Å². The van der Waals surface area contributed by atoms with Crippen molar-refractivity contribution in [2.75, 3.05) is 6.61 Å². The minimum Gasteiger partial charge on any atom is -0.494 e. The Hall–Kier alpha value is -2.25. The Labute approximate surface area is 205 Å². The van der Waals surface area contributed by atoms with E-state index in [1.54, 1.807) is 0 Å². The van der Waals surface area contributed by atoms with Crippen LogP contribution in [0.25, 0.3) is 22.3 Å². The van der Waals surface area contributed by atoms with Gasteiger partial charge in [-0.2, -0.15) is 0 Å². The summed E-state index contributed by atoms with van der Waals surface area (Å²) in [5, 5.41) is 0.774. The highest BCUT2D eigenvalue weighted by Gasteiger charge is 2.23. The highest BCUT2D eigenvalue weighted by atomic mass is 35.5. The van der Waals surface area contributed by atoms with E-state index >= 15 is 0 Å². The third kappa shape index (κ3) is 6.21. The monoisotopic (exact) mass is 460 g/mol. The molecule has 0 radical (unpaired) electrons. The van der Waals surface area contributed by atoms with Crippen molar-refractivity contribution < 1.29 is 4.74 Å². The lowest BCUT2D eigenvalue weighted by atomic mass is 9.76. The van der Waals surface area contributed by atoms with E-state index in [2.05, 4.69) is 61.5 Å². The number of halogens is 1. The fourth-order valence-electron chi connectivity index (χ4n) is 5.33. The molecule has 0 amide bonds. The Kier molecular flexibility index (Phi) is 8.51. The summed E-state index contributed by atoms with van der Waals surface area (Å²) in [4.78, 5) is 0. The summed E-state index contributed by atoms with van der Waals surface area (Å²) in [7, 11) is 0. The summed E-state index contributed by atoms with van der Waals surface area (Å²) in [6.45, 7) is 5.00. The average Bonchev–Trinajstić information content (AvgIpc) is 2.85. The summed E-state index contributed by atoms with van der Waals surface area (Å²) < 4.78 is 5.67. The smallest absolute Gasteiger partial charge is 0.119 e. The molecule has 0 heterocycles. The highest BCUT2D eigenvalue weighted by Crippen LogP contribution is 2.41. The third-order valence-corrected chi connectivity index (χ3v) is 7.42. The standard InChI is InChI=1S/C31H37ClO/c1-3-5-6-8-23-11-13-24(14-12-23)26-17-20-30(27-9-7-10-28(32)21-27)31(22-26)25-15-18-29(19-16-25)33-4-2/h7,9-10,15-24H,3-6,8,11-14H2,1-2H3/t23-,24-. The first-order valence-electron chi connectivity index (χ1n) is 12.8. The van der Waals surface area contributed by atoms with Crippen LogP contribution in [0.1, 0.15) is 76.7 Å². The number of hydrogen-bond acceptors (Lipinski definition) is 1. The predicted molar refractivity (Wildman–Crippen MR) is 142 cm³/mol. The van der Waals surface area contributed by atoms with Gasteiger partial charge in [0.05, 0.1) is 6.61 Å². The Bertz CT molecular complexity index is 1020. The molecule has 174 valence electrons. The first-order valence-corrected chi connectivity index (χ1v) is 13.2. The Morgan fingerprint density at radius 1 is 0.788 bits per heavy atom. The second-order valence-corrected chi connectivity index (χ2v) is 9.92. The second kappa shape index (κ2) is 11.7. The highest BCUT2D eigenvalue weighted by molar-refractivity contribution is 6.30. The van der Waals surface area contributed by atoms with Gasteiger partial charge in [-0.3, -0.25) is 0 Å². The zero-order valence-electron chi connectivity index (χ0n) is 20.2. The van der Waals surface area contributed by atoms with Crippen molar-refractivity contribution in [3.8, 4) is 28.0 Å². The van der Waals surface area contributed by atoms with Gasteiger partial charge in [0.2, 0.25) is 0 Å². The van der Waals surface area contributed by atoms with Crippen LogP contribution in [-0.2, 0) is 0 Å². The molecule has 0 aromatic heterocycles.